The van der Waals surface area contributed by atoms with Crippen LogP contribution in [-0.2, 0) is 12.7 Å². The van der Waals surface area contributed by atoms with Crippen molar-refractivity contribution in [2.75, 3.05) is 13.2 Å². The highest BCUT2D eigenvalue weighted by Gasteiger charge is 2.35. The summed E-state index contributed by atoms with van der Waals surface area (Å²) in [6.45, 7) is 0.401. The van der Waals surface area contributed by atoms with Crippen molar-refractivity contribution >= 4 is 0 Å². The molecule has 18 heavy (non-hydrogen) atoms. The number of ether oxygens (including phenoxy) is 2. The Morgan fingerprint density at radius 3 is 2.33 bits per heavy atom. The Balaban J connectivity index is 2.47. The third-order valence-corrected chi connectivity index (χ3v) is 2.55. The second-order valence-corrected chi connectivity index (χ2v) is 3.84. The highest BCUT2D eigenvalue weighted by Crippen LogP contribution is 2.40. The smallest absolute Gasteiger partial charge is 0.416 e. The van der Waals surface area contributed by atoms with Crippen LogP contribution in [0.2, 0.25) is 0 Å². The van der Waals surface area contributed by atoms with Gasteiger partial charge in [0.25, 0.3) is 0 Å². The van der Waals surface area contributed by atoms with E-state index >= 15 is 0 Å². The van der Waals surface area contributed by atoms with Crippen LogP contribution in [0.25, 0.3) is 0 Å². The van der Waals surface area contributed by atoms with E-state index in [1.165, 1.54) is 6.07 Å². The minimum Gasteiger partial charge on any atom is -0.490 e. The minimum atomic E-state index is -4.50. The lowest BCUT2D eigenvalue weighted by Gasteiger charge is -2.16. The number of hydrogen-bond acceptors (Lipinski definition) is 4. The third kappa shape index (κ3) is 2.68. The molecule has 1 aliphatic heterocycles. The lowest BCUT2D eigenvalue weighted by molar-refractivity contribution is -0.138. The molecule has 0 amide bonds. The summed E-state index contributed by atoms with van der Waals surface area (Å²) in [5.74, 6) is 0.354. The van der Waals surface area contributed by atoms with E-state index in [-0.39, 0.29) is 23.6 Å². The van der Waals surface area contributed by atoms with Crippen LogP contribution in [0.5, 0.6) is 11.5 Å². The molecular formula is C11H12F3NO3. The molecule has 0 spiro atoms. The zero-order chi connectivity index (χ0) is 13.2. The van der Waals surface area contributed by atoms with Crippen molar-refractivity contribution in [3.05, 3.63) is 23.3 Å². The highest BCUT2D eigenvalue weighted by molar-refractivity contribution is 5.48. The Morgan fingerprint density at radius 2 is 1.78 bits per heavy atom. The lowest BCUT2D eigenvalue weighted by Crippen LogP contribution is -2.15. The molecule has 0 aromatic heterocycles. The minimum absolute atomic E-state index is 0.0847. The fourth-order valence-corrected chi connectivity index (χ4v) is 1.75. The molecule has 1 aromatic rings. The highest BCUT2D eigenvalue weighted by atomic mass is 19.4. The van der Waals surface area contributed by atoms with Crippen LogP contribution in [0, 0.1) is 0 Å². The normalized spacial score (nSPS) is 15.3. The van der Waals surface area contributed by atoms with E-state index in [1.54, 1.807) is 5.48 Å². The summed E-state index contributed by atoms with van der Waals surface area (Å²) in [6.07, 6.45) is -3.89. The predicted molar refractivity (Wildman–Crippen MR) is 55.7 cm³/mol. The molecule has 7 heteroatoms. The summed E-state index contributed by atoms with van der Waals surface area (Å²) < 4.78 is 49.0. The standard InChI is InChI=1S/C11H12F3NO3/c12-11(13,14)8-5-10-9(4-7(8)6-15-16)17-2-1-3-18-10/h4-5,15-16H,1-3,6H2. The fraction of sp³-hybridized carbons (Fsp3) is 0.455. The van der Waals surface area contributed by atoms with Crippen molar-refractivity contribution in [3.63, 3.8) is 0 Å². The predicted octanol–water partition coefficient (Wildman–Crippen LogP) is 2.35. The maximum absolute atomic E-state index is 12.8. The van der Waals surface area contributed by atoms with Gasteiger partial charge in [0.2, 0.25) is 0 Å². The summed E-state index contributed by atoms with van der Waals surface area (Å²) in [6, 6.07) is 2.15. The molecule has 1 heterocycles. The van der Waals surface area contributed by atoms with E-state index in [2.05, 4.69) is 0 Å². The van der Waals surface area contributed by atoms with Gasteiger partial charge >= 0.3 is 6.18 Å². The van der Waals surface area contributed by atoms with Gasteiger partial charge in [0, 0.05) is 13.0 Å². The van der Waals surface area contributed by atoms with Crippen LogP contribution in [0.3, 0.4) is 0 Å². The summed E-state index contributed by atoms with van der Waals surface area (Å²) in [5.41, 5.74) is 0.794. The average Bonchev–Trinajstić information content (AvgIpc) is 2.51. The van der Waals surface area contributed by atoms with E-state index in [9.17, 15) is 13.2 Å². The van der Waals surface area contributed by atoms with E-state index < -0.39 is 11.7 Å². The first-order chi connectivity index (χ1) is 8.52. The second-order valence-electron chi connectivity index (χ2n) is 3.84. The van der Waals surface area contributed by atoms with Gasteiger partial charge in [-0.3, -0.25) is 0 Å². The molecule has 0 saturated carbocycles. The molecule has 2 rings (SSSR count). The van der Waals surface area contributed by atoms with Gasteiger partial charge in [-0.2, -0.15) is 13.2 Å². The van der Waals surface area contributed by atoms with Crippen LogP contribution >= 0.6 is 0 Å². The number of rotatable bonds is 2. The van der Waals surface area contributed by atoms with E-state index in [1.807, 2.05) is 0 Å². The zero-order valence-electron chi connectivity index (χ0n) is 9.38. The van der Waals surface area contributed by atoms with Crippen LogP contribution in [0.1, 0.15) is 17.5 Å². The monoisotopic (exact) mass is 263 g/mol. The van der Waals surface area contributed by atoms with Crippen LogP contribution in [0.15, 0.2) is 12.1 Å². The molecule has 1 aliphatic rings. The van der Waals surface area contributed by atoms with Crippen LogP contribution < -0.4 is 15.0 Å². The molecule has 100 valence electrons. The van der Waals surface area contributed by atoms with Crippen LogP contribution in [-0.4, -0.2) is 18.4 Å². The van der Waals surface area contributed by atoms with Crippen molar-refractivity contribution < 1.29 is 27.9 Å². The van der Waals surface area contributed by atoms with Gasteiger partial charge in [-0.05, 0) is 17.7 Å². The number of halogens is 3. The maximum atomic E-state index is 12.8. The largest absolute Gasteiger partial charge is 0.490 e. The first kappa shape index (κ1) is 13.0. The number of alkyl halides is 3. The Kier molecular flexibility index (Phi) is 3.63. The van der Waals surface area contributed by atoms with Gasteiger partial charge in [0.15, 0.2) is 11.5 Å². The topological polar surface area (TPSA) is 50.7 Å². The Bertz CT molecular complexity index is 434. The van der Waals surface area contributed by atoms with Gasteiger partial charge in [-0.15, -0.1) is 0 Å². The van der Waals surface area contributed by atoms with E-state index in [4.69, 9.17) is 14.7 Å². The van der Waals surface area contributed by atoms with Gasteiger partial charge in [-0.25, -0.2) is 5.48 Å². The second kappa shape index (κ2) is 5.03. The summed E-state index contributed by atoms with van der Waals surface area (Å²) in [5, 5.41) is 8.58. The number of hydroxylamine groups is 1. The lowest BCUT2D eigenvalue weighted by atomic mass is 10.1. The van der Waals surface area contributed by atoms with Crippen molar-refractivity contribution in [2.24, 2.45) is 0 Å². The molecule has 0 saturated heterocycles. The molecule has 2 N–H and O–H groups in total. The quantitative estimate of drug-likeness (QED) is 0.804. The van der Waals surface area contributed by atoms with Gasteiger partial charge in [0.05, 0.1) is 18.8 Å². The van der Waals surface area contributed by atoms with Crippen molar-refractivity contribution in [1.82, 2.24) is 5.48 Å². The molecule has 0 atom stereocenters. The van der Waals surface area contributed by atoms with Crippen molar-refractivity contribution in [3.8, 4) is 11.5 Å². The van der Waals surface area contributed by atoms with Gasteiger partial charge in [-0.1, -0.05) is 0 Å². The summed E-state index contributed by atoms with van der Waals surface area (Å²) >= 11 is 0. The molecule has 1 aromatic carbocycles. The Morgan fingerprint density at radius 1 is 1.17 bits per heavy atom. The Hall–Kier alpha value is -1.47. The summed E-state index contributed by atoms with van der Waals surface area (Å²) in [7, 11) is 0. The molecule has 0 unspecified atom stereocenters. The molecule has 0 bridgehead atoms. The molecule has 0 aliphatic carbocycles. The molecule has 0 radical (unpaired) electrons. The average molecular weight is 263 g/mol. The van der Waals surface area contributed by atoms with Crippen molar-refractivity contribution in [2.45, 2.75) is 19.1 Å². The SMILES string of the molecule is ONCc1cc2c(cc1C(F)(F)F)OCCCO2. The fourth-order valence-electron chi connectivity index (χ4n) is 1.75. The zero-order valence-corrected chi connectivity index (χ0v) is 9.38. The number of nitrogens with one attached hydrogen (secondary N) is 1. The number of fused-ring (bicyclic) bond motifs is 1. The molecule has 4 nitrogen and oxygen atoms in total. The number of hydrogen-bond donors (Lipinski definition) is 2. The first-order valence-electron chi connectivity index (χ1n) is 5.39. The van der Waals surface area contributed by atoms with E-state index in [0.717, 1.165) is 6.07 Å². The van der Waals surface area contributed by atoms with E-state index in [0.29, 0.717) is 19.6 Å². The van der Waals surface area contributed by atoms with Crippen LogP contribution in [0.4, 0.5) is 13.2 Å². The van der Waals surface area contributed by atoms with Gasteiger partial charge < -0.3 is 14.7 Å². The Labute approximate surface area is 101 Å². The van der Waals surface area contributed by atoms with Gasteiger partial charge in [0.1, 0.15) is 0 Å². The van der Waals surface area contributed by atoms with Crippen molar-refractivity contribution in [1.29, 1.82) is 0 Å². The maximum Gasteiger partial charge on any atom is 0.416 e. The first-order valence-corrected chi connectivity index (χ1v) is 5.39. The molecular weight excluding hydrogens is 251 g/mol. The number of benzene rings is 1. The third-order valence-electron chi connectivity index (χ3n) is 2.55. The molecule has 0 fully saturated rings. The summed E-state index contributed by atoms with van der Waals surface area (Å²) in [4.78, 5) is 0.